The Morgan fingerprint density at radius 1 is 0.938 bits per heavy atom. The van der Waals surface area contributed by atoms with Crippen LogP contribution < -0.4 is 5.14 Å². The lowest BCUT2D eigenvalue weighted by atomic mass is 9.98. The fourth-order valence-corrected chi connectivity index (χ4v) is 4.44. The summed E-state index contributed by atoms with van der Waals surface area (Å²) in [5.74, 6) is 0. The number of hydrogen-bond donors (Lipinski definition) is 1. The Balaban J connectivity index is 2.03. The van der Waals surface area contributed by atoms with E-state index in [-0.39, 0.29) is 34.0 Å². The molecule has 0 atom stereocenters. The first-order chi connectivity index (χ1) is 15.3. The Bertz CT molecular complexity index is 1360. The van der Waals surface area contributed by atoms with E-state index in [0.717, 1.165) is 5.56 Å². The van der Waals surface area contributed by atoms with Crippen LogP contribution in [0.5, 0.6) is 0 Å². The average Bonchev–Trinajstić information content (AvgIpc) is 3.13. The van der Waals surface area contributed by atoms with E-state index in [9.17, 15) is 17.2 Å². The molecule has 2 N–H and O–H groups in total. The molecule has 5 nitrogen and oxygen atoms in total. The number of nitrogens with two attached hydrogens (primary N) is 1. The normalized spacial score (nSPS) is 11.8. The van der Waals surface area contributed by atoms with E-state index in [1.807, 2.05) is 6.07 Å². The standard InChI is InChI=1S/C23H18ClF2N3O2S/c24-17-12-10-16(11-13-17)20-21(18-8-4-5-9-19(18)32(27,30)31)28-29(22(20)23(25)26)14-15-6-2-1-3-7-15/h1-13,23H,14H2,(H2,27,30,31). The number of sulfonamides is 1. The van der Waals surface area contributed by atoms with Crippen molar-refractivity contribution in [3.8, 4) is 22.4 Å². The molecule has 0 spiro atoms. The van der Waals surface area contributed by atoms with Crippen LogP contribution in [0, 0.1) is 0 Å². The Labute approximate surface area is 189 Å². The number of primary sulfonamides is 1. The quantitative estimate of drug-likeness (QED) is 0.401. The molecule has 1 heterocycles. The van der Waals surface area contributed by atoms with Crippen LogP contribution in [0.3, 0.4) is 0 Å². The van der Waals surface area contributed by atoms with Crippen molar-refractivity contribution >= 4 is 21.6 Å². The van der Waals surface area contributed by atoms with Crippen LogP contribution in [0.1, 0.15) is 17.7 Å². The number of halogens is 3. The van der Waals surface area contributed by atoms with Crippen molar-refractivity contribution < 1.29 is 17.2 Å². The van der Waals surface area contributed by atoms with Gasteiger partial charge in [0, 0.05) is 16.1 Å². The summed E-state index contributed by atoms with van der Waals surface area (Å²) in [4.78, 5) is -0.194. The van der Waals surface area contributed by atoms with Crippen molar-refractivity contribution in [2.75, 3.05) is 0 Å². The van der Waals surface area contributed by atoms with Gasteiger partial charge in [-0.3, -0.25) is 4.68 Å². The third-order valence-corrected chi connectivity index (χ3v) is 6.18. The van der Waals surface area contributed by atoms with Gasteiger partial charge in [-0.05, 0) is 29.3 Å². The third kappa shape index (κ3) is 4.43. The van der Waals surface area contributed by atoms with Gasteiger partial charge in [-0.1, -0.05) is 72.3 Å². The maximum Gasteiger partial charge on any atom is 0.280 e. The summed E-state index contributed by atoms with van der Waals surface area (Å²) in [6.45, 7) is 0.0820. The van der Waals surface area contributed by atoms with Crippen LogP contribution >= 0.6 is 11.6 Å². The zero-order chi connectivity index (χ0) is 22.9. The molecule has 0 unspecified atom stereocenters. The topological polar surface area (TPSA) is 78.0 Å². The average molecular weight is 474 g/mol. The number of rotatable bonds is 6. The van der Waals surface area contributed by atoms with Gasteiger partial charge in [0.15, 0.2) is 0 Å². The first kappa shape index (κ1) is 22.1. The van der Waals surface area contributed by atoms with Gasteiger partial charge in [-0.25, -0.2) is 22.3 Å². The molecule has 0 saturated carbocycles. The molecule has 0 aliphatic rings. The van der Waals surface area contributed by atoms with E-state index in [2.05, 4.69) is 5.10 Å². The minimum atomic E-state index is -4.13. The Hall–Kier alpha value is -3.07. The molecule has 0 bridgehead atoms. The summed E-state index contributed by atoms with van der Waals surface area (Å²) < 4.78 is 54.4. The first-order valence-corrected chi connectivity index (χ1v) is 11.5. The highest BCUT2D eigenvalue weighted by molar-refractivity contribution is 7.89. The maximum absolute atomic E-state index is 14.4. The fourth-order valence-electron chi connectivity index (χ4n) is 3.57. The zero-order valence-corrected chi connectivity index (χ0v) is 18.2. The SMILES string of the molecule is NS(=O)(=O)c1ccccc1-c1nn(Cc2ccccc2)c(C(F)F)c1-c1ccc(Cl)cc1. The van der Waals surface area contributed by atoms with Gasteiger partial charge in [-0.2, -0.15) is 5.10 Å². The Morgan fingerprint density at radius 3 is 2.19 bits per heavy atom. The highest BCUT2D eigenvalue weighted by Gasteiger charge is 2.29. The number of hydrogen-bond acceptors (Lipinski definition) is 3. The molecule has 9 heteroatoms. The summed E-state index contributed by atoms with van der Waals surface area (Å²) in [5.41, 5.74) is 1.25. The molecule has 164 valence electrons. The van der Waals surface area contributed by atoms with Crippen molar-refractivity contribution in [2.24, 2.45) is 5.14 Å². The van der Waals surface area contributed by atoms with Crippen LogP contribution in [-0.4, -0.2) is 18.2 Å². The minimum Gasteiger partial charge on any atom is -0.258 e. The molecular formula is C23H18ClF2N3O2S. The third-order valence-electron chi connectivity index (χ3n) is 4.96. The molecule has 0 amide bonds. The first-order valence-electron chi connectivity index (χ1n) is 9.56. The number of nitrogens with zero attached hydrogens (tertiary/aromatic N) is 2. The molecule has 0 aliphatic heterocycles. The molecule has 0 fully saturated rings. The minimum absolute atomic E-state index is 0.0820. The van der Waals surface area contributed by atoms with Crippen molar-refractivity contribution in [3.63, 3.8) is 0 Å². The fraction of sp³-hybridized carbons (Fsp3) is 0.0870. The molecular weight excluding hydrogens is 456 g/mol. The van der Waals surface area contributed by atoms with Gasteiger partial charge in [0.05, 0.1) is 11.4 Å². The van der Waals surface area contributed by atoms with Crippen LogP contribution in [0.2, 0.25) is 5.02 Å². The van der Waals surface area contributed by atoms with Gasteiger partial charge in [0.1, 0.15) is 11.4 Å². The van der Waals surface area contributed by atoms with Crippen molar-refractivity contribution in [1.29, 1.82) is 0 Å². The second-order valence-electron chi connectivity index (χ2n) is 7.10. The van der Waals surface area contributed by atoms with E-state index in [1.54, 1.807) is 54.6 Å². The highest BCUT2D eigenvalue weighted by Crippen LogP contribution is 2.41. The van der Waals surface area contributed by atoms with Crippen LogP contribution in [0.25, 0.3) is 22.4 Å². The monoisotopic (exact) mass is 473 g/mol. The summed E-state index contributed by atoms with van der Waals surface area (Å²) in [6.07, 6.45) is -2.87. The van der Waals surface area contributed by atoms with Gasteiger partial charge >= 0.3 is 0 Å². The predicted molar refractivity (Wildman–Crippen MR) is 120 cm³/mol. The van der Waals surface area contributed by atoms with Crippen molar-refractivity contribution in [2.45, 2.75) is 17.9 Å². The lowest BCUT2D eigenvalue weighted by molar-refractivity contribution is 0.140. The molecule has 4 rings (SSSR count). The largest absolute Gasteiger partial charge is 0.280 e. The summed E-state index contributed by atoms with van der Waals surface area (Å²) >= 11 is 5.99. The van der Waals surface area contributed by atoms with Crippen LogP contribution in [0.4, 0.5) is 8.78 Å². The molecule has 1 aromatic heterocycles. The number of alkyl halides is 2. The summed E-state index contributed by atoms with van der Waals surface area (Å²) in [5, 5.41) is 10.3. The van der Waals surface area contributed by atoms with Crippen molar-refractivity contribution in [3.05, 3.63) is 95.1 Å². The summed E-state index contributed by atoms with van der Waals surface area (Å²) in [6, 6.07) is 21.3. The second kappa shape index (κ2) is 8.82. The Morgan fingerprint density at radius 2 is 1.56 bits per heavy atom. The van der Waals surface area contributed by atoms with Gasteiger partial charge in [0.2, 0.25) is 10.0 Å². The lowest BCUT2D eigenvalue weighted by Crippen LogP contribution is -2.13. The van der Waals surface area contributed by atoms with E-state index in [0.29, 0.717) is 10.6 Å². The molecule has 4 aromatic rings. The van der Waals surface area contributed by atoms with Crippen LogP contribution in [0.15, 0.2) is 83.8 Å². The number of aromatic nitrogens is 2. The molecule has 0 aliphatic carbocycles. The Kier molecular flexibility index (Phi) is 6.10. The van der Waals surface area contributed by atoms with Crippen LogP contribution in [-0.2, 0) is 16.6 Å². The molecule has 0 radical (unpaired) electrons. The molecule has 32 heavy (non-hydrogen) atoms. The predicted octanol–water partition coefficient (Wildman–Crippen LogP) is 5.50. The summed E-state index contributed by atoms with van der Waals surface area (Å²) in [7, 11) is -4.13. The van der Waals surface area contributed by atoms with Crippen molar-refractivity contribution in [1.82, 2.24) is 9.78 Å². The van der Waals surface area contributed by atoms with Gasteiger partial charge in [0.25, 0.3) is 6.43 Å². The van der Waals surface area contributed by atoms with Gasteiger partial charge < -0.3 is 0 Å². The lowest BCUT2D eigenvalue weighted by Gasteiger charge is -2.10. The maximum atomic E-state index is 14.4. The molecule has 0 saturated heterocycles. The van der Waals surface area contributed by atoms with E-state index in [1.165, 1.54) is 22.9 Å². The van der Waals surface area contributed by atoms with E-state index in [4.69, 9.17) is 16.7 Å². The van der Waals surface area contributed by atoms with E-state index >= 15 is 0 Å². The smallest absolute Gasteiger partial charge is 0.258 e. The molecule has 3 aromatic carbocycles. The second-order valence-corrected chi connectivity index (χ2v) is 9.07. The van der Waals surface area contributed by atoms with E-state index < -0.39 is 16.4 Å². The zero-order valence-electron chi connectivity index (χ0n) is 16.6. The number of benzene rings is 3. The highest BCUT2D eigenvalue weighted by atomic mass is 35.5. The van der Waals surface area contributed by atoms with Gasteiger partial charge in [-0.15, -0.1) is 0 Å².